The summed E-state index contributed by atoms with van der Waals surface area (Å²) in [6.45, 7) is 0.398. The van der Waals surface area contributed by atoms with Gasteiger partial charge < -0.3 is 15.2 Å². The van der Waals surface area contributed by atoms with E-state index in [4.69, 9.17) is 4.74 Å². The fraction of sp³-hybridized carbons (Fsp3) is 0.348. The molecule has 1 spiro atoms. The first-order valence-corrected chi connectivity index (χ1v) is 10.3. The minimum absolute atomic E-state index is 0.152. The number of hydrogen-bond donors (Lipinski definition) is 3. The molecule has 0 unspecified atom stereocenters. The highest BCUT2D eigenvalue weighted by molar-refractivity contribution is 6.15. The molecule has 0 aliphatic carbocycles. The Kier molecular flexibility index (Phi) is 4.56. The minimum Gasteiger partial charge on any atom is -0.508 e. The summed E-state index contributed by atoms with van der Waals surface area (Å²) in [5.74, 6) is -2.29. The molecule has 2 aromatic rings. The lowest BCUT2D eigenvalue weighted by molar-refractivity contribution is -0.143. The van der Waals surface area contributed by atoms with Crippen LogP contribution in [0.4, 0.5) is 5.69 Å². The molecule has 2 aromatic carbocycles. The first-order valence-electron chi connectivity index (χ1n) is 10.3. The van der Waals surface area contributed by atoms with Crippen LogP contribution in [-0.4, -0.2) is 54.0 Å². The van der Waals surface area contributed by atoms with Gasteiger partial charge in [0.25, 0.3) is 0 Å². The van der Waals surface area contributed by atoms with E-state index in [1.54, 1.807) is 30.3 Å². The van der Waals surface area contributed by atoms with Crippen LogP contribution < -0.4 is 10.6 Å². The zero-order valence-electron chi connectivity index (χ0n) is 17.0. The molecule has 0 radical (unpaired) electrons. The van der Waals surface area contributed by atoms with Crippen LogP contribution in [0.5, 0.6) is 5.75 Å². The molecule has 8 nitrogen and oxygen atoms in total. The van der Waals surface area contributed by atoms with E-state index in [0.29, 0.717) is 17.7 Å². The van der Waals surface area contributed by atoms with Crippen LogP contribution in [0.1, 0.15) is 11.1 Å². The first-order chi connectivity index (χ1) is 15.0. The molecule has 4 atom stereocenters. The predicted octanol–water partition coefficient (Wildman–Crippen LogP) is 1.00. The molecule has 3 aliphatic rings. The fourth-order valence-electron chi connectivity index (χ4n) is 5.28. The van der Waals surface area contributed by atoms with Crippen molar-refractivity contribution in [1.29, 1.82) is 0 Å². The summed E-state index contributed by atoms with van der Waals surface area (Å²) in [6.07, 6.45) is 0.440. The van der Waals surface area contributed by atoms with Crippen molar-refractivity contribution in [2.75, 3.05) is 25.6 Å². The Balaban J connectivity index is 1.59. The molecule has 8 heteroatoms. The van der Waals surface area contributed by atoms with E-state index in [2.05, 4.69) is 10.6 Å². The quantitative estimate of drug-likeness (QED) is 0.622. The third-order valence-electron chi connectivity index (χ3n) is 6.62. The first kappa shape index (κ1) is 19.7. The number of likely N-dealkylation sites (tertiary alicyclic amines) is 1. The maximum atomic E-state index is 13.5. The molecule has 0 saturated carbocycles. The fourth-order valence-corrected chi connectivity index (χ4v) is 5.28. The van der Waals surface area contributed by atoms with E-state index in [1.165, 1.54) is 12.0 Å². The molecule has 0 aromatic heterocycles. The average molecular weight is 421 g/mol. The molecule has 2 fully saturated rings. The minimum atomic E-state index is -1.29. The highest BCUT2D eigenvalue weighted by Gasteiger charge is 2.70. The van der Waals surface area contributed by atoms with E-state index in [1.807, 2.05) is 18.2 Å². The van der Waals surface area contributed by atoms with Crippen LogP contribution >= 0.6 is 0 Å². The second-order valence-electron chi connectivity index (χ2n) is 8.25. The van der Waals surface area contributed by atoms with Gasteiger partial charge in [-0.1, -0.05) is 30.3 Å². The summed E-state index contributed by atoms with van der Waals surface area (Å²) in [4.78, 5) is 41.3. The second-order valence-corrected chi connectivity index (χ2v) is 8.25. The molecule has 3 N–H and O–H groups in total. The molecule has 31 heavy (non-hydrogen) atoms. The zero-order chi connectivity index (χ0) is 21.8. The van der Waals surface area contributed by atoms with E-state index >= 15 is 0 Å². The van der Waals surface area contributed by atoms with Crippen LogP contribution in [0.2, 0.25) is 0 Å². The van der Waals surface area contributed by atoms with Gasteiger partial charge in [0.1, 0.15) is 11.3 Å². The number of carbonyl (C=O) groups is 3. The van der Waals surface area contributed by atoms with Gasteiger partial charge in [0.15, 0.2) is 0 Å². The van der Waals surface area contributed by atoms with Crippen LogP contribution in [0.15, 0.2) is 48.5 Å². The number of ether oxygens (including phenoxy) is 1. The number of benzene rings is 2. The van der Waals surface area contributed by atoms with Crippen molar-refractivity contribution in [2.45, 2.75) is 18.0 Å². The van der Waals surface area contributed by atoms with Crippen LogP contribution in [0.3, 0.4) is 0 Å². The Morgan fingerprint density at radius 3 is 2.55 bits per heavy atom. The number of amides is 3. The Labute approximate surface area is 179 Å². The van der Waals surface area contributed by atoms with Crippen molar-refractivity contribution in [3.63, 3.8) is 0 Å². The Morgan fingerprint density at radius 2 is 1.81 bits per heavy atom. The summed E-state index contributed by atoms with van der Waals surface area (Å²) < 4.78 is 5.09. The third kappa shape index (κ3) is 2.79. The van der Waals surface area contributed by atoms with Crippen LogP contribution in [0.25, 0.3) is 0 Å². The lowest BCUT2D eigenvalue weighted by Crippen LogP contribution is -2.53. The van der Waals surface area contributed by atoms with Gasteiger partial charge in [0, 0.05) is 24.4 Å². The molecule has 2 saturated heterocycles. The monoisotopic (exact) mass is 421 g/mol. The Morgan fingerprint density at radius 1 is 1.06 bits per heavy atom. The summed E-state index contributed by atoms with van der Waals surface area (Å²) in [5.41, 5.74) is 0.947. The van der Waals surface area contributed by atoms with Crippen molar-refractivity contribution in [1.82, 2.24) is 10.2 Å². The summed E-state index contributed by atoms with van der Waals surface area (Å²) in [5, 5.41) is 15.9. The van der Waals surface area contributed by atoms with Crippen molar-refractivity contribution >= 4 is 23.4 Å². The maximum absolute atomic E-state index is 13.5. The summed E-state index contributed by atoms with van der Waals surface area (Å²) >= 11 is 0. The standard InChI is InChI=1S/C23H23N3O5/c1-31-11-10-26-20(28)18-17(12-13-6-8-14(27)9-7-13)25-23(19(18)21(26)29)15-4-2-3-5-16(15)24-22(23)30/h2-9,17-19,25,27H,10-12H2,1H3,(H,24,30)/t17-,18-,19+,23-/m1/s1. The normalized spacial score (nSPS) is 28.9. The number of carbonyl (C=O) groups excluding carboxylic acids is 3. The number of aromatic hydroxyl groups is 1. The van der Waals surface area contributed by atoms with Gasteiger partial charge in [-0.15, -0.1) is 0 Å². The second kappa shape index (κ2) is 7.18. The highest BCUT2D eigenvalue weighted by atomic mass is 16.5. The molecule has 0 bridgehead atoms. The van der Waals surface area contributed by atoms with Crippen molar-refractivity contribution < 1.29 is 24.2 Å². The molecule has 3 heterocycles. The van der Waals surface area contributed by atoms with E-state index in [0.717, 1.165) is 5.56 Å². The van der Waals surface area contributed by atoms with Gasteiger partial charge in [0.2, 0.25) is 17.7 Å². The Hall–Kier alpha value is -3.23. The van der Waals surface area contributed by atoms with Crippen molar-refractivity contribution in [3.05, 3.63) is 59.7 Å². The number of phenolic OH excluding ortho intramolecular Hbond substituents is 1. The summed E-state index contributed by atoms with van der Waals surface area (Å²) in [7, 11) is 1.52. The zero-order valence-corrected chi connectivity index (χ0v) is 17.0. The van der Waals surface area contributed by atoms with Crippen molar-refractivity contribution in [3.8, 4) is 5.75 Å². The van der Waals surface area contributed by atoms with Gasteiger partial charge in [0.05, 0.1) is 25.0 Å². The Bertz CT molecular complexity index is 1070. The van der Waals surface area contributed by atoms with Crippen molar-refractivity contribution in [2.24, 2.45) is 11.8 Å². The van der Waals surface area contributed by atoms with Gasteiger partial charge in [-0.25, -0.2) is 0 Å². The van der Waals surface area contributed by atoms with Crippen LogP contribution in [0, 0.1) is 11.8 Å². The topological polar surface area (TPSA) is 108 Å². The highest BCUT2D eigenvalue weighted by Crippen LogP contribution is 2.53. The lowest BCUT2D eigenvalue weighted by Gasteiger charge is -2.29. The van der Waals surface area contributed by atoms with Gasteiger partial charge in [-0.05, 0) is 30.2 Å². The van der Waals surface area contributed by atoms with Gasteiger partial charge in [-0.3, -0.25) is 24.6 Å². The number of nitrogens with zero attached hydrogens (tertiary/aromatic N) is 1. The molecule has 3 aliphatic heterocycles. The van der Waals surface area contributed by atoms with Gasteiger partial charge in [-0.2, -0.15) is 0 Å². The smallest absolute Gasteiger partial charge is 0.250 e. The molecule has 3 amide bonds. The number of phenols is 1. The molecular weight excluding hydrogens is 398 g/mol. The lowest BCUT2D eigenvalue weighted by atomic mass is 9.76. The van der Waals surface area contributed by atoms with Crippen LogP contribution in [-0.2, 0) is 31.1 Å². The number of nitrogens with one attached hydrogen (secondary N) is 2. The van der Waals surface area contributed by atoms with E-state index < -0.39 is 23.4 Å². The number of anilines is 1. The number of hydrogen-bond acceptors (Lipinski definition) is 6. The number of rotatable bonds is 5. The number of methoxy groups -OCH3 is 1. The maximum Gasteiger partial charge on any atom is 0.250 e. The van der Waals surface area contributed by atoms with E-state index in [-0.39, 0.29) is 36.6 Å². The largest absolute Gasteiger partial charge is 0.508 e. The molecule has 5 rings (SSSR count). The van der Waals surface area contributed by atoms with Gasteiger partial charge >= 0.3 is 0 Å². The third-order valence-corrected chi connectivity index (χ3v) is 6.62. The van der Waals surface area contributed by atoms with E-state index in [9.17, 15) is 19.5 Å². The molecule has 160 valence electrons. The number of fused-ring (bicyclic) bond motifs is 4. The molecular formula is C23H23N3O5. The predicted molar refractivity (Wildman–Crippen MR) is 111 cm³/mol. The average Bonchev–Trinajstić information content (AvgIpc) is 3.33. The number of para-hydroxylation sites is 1. The SMILES string of the molecule is COCCN1C(=O)[C@H]2[C@@H](C1=O)[C@@]1(N[C@@H]2Cc2ccc(O)cc2)C(=O)Nc2ccccc21. The summed E-state index contributed by atoms with van der Waals surface area (Å²) in [6, 6.07) is 13.6. The number of imide groups is 1.